The lowest BCUT2D eigenvalue weighted by Crippen LogP contribution is -2.07. The van der Waals surface area contributed by atoms with Crippen LogP contribution in [-0.2, 0) is 6.42 Å². The molecule has 4 heteroatoms. The lowest BCUT2D eigenvalue weighted by molar-refractivity contribution is 1.00. The lowest BCUT2D eigenvalue weighted by Gasteiger charge is -2.07. The molecule has 1 aromatic carbocycles. The van der Waals surface area contributed by atoms with Crippen molar-refractivity contribution < 1.29 is 0 Å². The number of hydrogen-bond acceptors (Lipinski definition) is 3. The summed E-state index contributed by atoms with van der Waals surface area (Å²) in [6.45, 7) is 0.757. The number of nitriles is 1. The van der Waals surface area contributed by atoms with Gasteiger partial charge in [0.15, 0.2) is 0 Å². The molecule has 90 valence electrons. The Morgan fingerprint density at radius 2 is 2.06 bits per heavy atom. The predicted molar refractivity (Wildman–Crippen MR) is 75.3 cm³/mol. The molecule has 1 heterocycles. The highest BCUT2D eigenvalue weighted by Gasteiger charge is 2.03. The third-order valence-electron chi connectivity index (χ3n) is 2.52. The molecular formula is C14H12BrN3. The van der Waals surface area contributed by atoms with E-state index in [0.717, 1.165) is 17.4 Å². The Kier molecular flexibility index (Phi) is 4.32. The molecule has 0 unspecified atom stereocenters. The van der Waals surface area contributed by atoms with Crippen LogP contribution >= 0.6 is 15.9 Å². The van der Waals surface area contributed by atoms with E-state index in [1.165, 1.54) is 5.56 Å². The number of hydrogen-bond donors (Lipinski definition) is 1. The first kappa shape index (κ1) is 12.6. The second-order valence-electron chi connectivity index (χ2n) is 3.82. The van der Waals surface area contributed by atoms with Gasteiger partial charge >= 0.3 is 0 Å². The first-order valence-corrected chi connectivity index (χ1v) is 6.42. The van der Waals surface area contributed by atoms with Gasteiger partial charge in [-0.15, -0.1) is 0 Å². The second-order valence-corrected chi connectivity index (χ2v) is 4.74. The first-order chi connectivity index (χ1) is 8.79. The first-order valence-electron chi connectivity index (χ1n) is 5.63. The van der Waals surface area contributed by atoms with Crippen molar-refractivity contribution in [3.05, 3.63) is 58.2 Å². The maximum atomic E-state index is 9.01. The molecule has 18 heavy (non-hydrogen) atoms. The van der Waals surface area contributed by atoms with Gasteiger partial charge in [0.1, 0.15) is 11.9 Å². The van der Waals surface area contributed by atoms with Crippen LogP contribution in [0.5, 0.6) is 0 Å². The smallest absolute Gasteiger partial charge is 0.143 e. The fourth-order valence-electron chi connectivity index (χ4n) is 1.64. The summed E-state index contributed by atoms with van der Waals surface area (Å²) in [5.74, 6) is 0.636. The maximum absolute atomic E-state index is 9.01. The fourth-order valence-corrected chi connectivity index (χ4v) is 1.97. The van der Waals surface area contributed by atoms with E-state index in [0.29, 0.717) is 11.4 Å². The summed E-state index contributed by atoms with van der Waals surface area (Å²) in [7, 11) is 0. The summed E-state index contributed by atoms with van der Waals surface area (Å²) in [6.07, 6.45) is 2.59. The van der Waals surface area contributed by atoms with Crippen molar-refractivity contribution in [2.45, 2.75) is 6.42 Å². The van der Waals surface area contributed by atoms with Crippen LogP contribution in [0.2, 0.25) is 0 Å². The molecule has 0 aliphatic heterocycles. The zero-order valence-electron chi connectivity index (χ0n) is 9.73. The number of aromatic nitrogens is 1. The minimum Gasteiger partial charge on any atom is -0.369 e. The van der Waals surface area contributed by atoms with Gasteiger partial charge in [0, 0.05) is 17.2 Å². The molecule has 2 aromatic rings. The Morgan fingerprint density at radius 3 is 2.78 bits per heavy atom. The zero-order valence-corrected chi connectivity index (χ0v) is 11.3. The van der Waals surface area contributed by atoms with Gasteiger partial charge in [0.25, 0.3) is 0 Å². The Labute approximate surface area is 115 Å². The highest BCUT2D eigenvalue weighted by atomic mass is 79.9. The molecule has 0 radical (unpaired) electrons. The number of nitrogens with one attached hydrogen (secondary N) is 1. The average Bonchev–Trinajstić information content (AvgIpc) is 2.41. The number of rotatable bonds is 4. The molecule has 0 aliphatic rings. The van der Waals surface area contributed by atoms with Crippen molar-refractivity contribution in [3.8, 4) is 6.07 Å². The molecule has 3 nitrogen and oxygen atoms in total. The predicted octanol–water partition coefficient (Wildman–Crippen LogP) is 3.37. The van der Waals surface area contributed by atoms with Gasteiger partial charge in [0.05, 0.1) is 5.56 Å². The number of pyridine rings is 1. The third kappa shape index (κ3) is 3.31. The van der Waals surface area contributed by atoms with Crippen molar-refractivity contribution >= 4 is 21.7 Å². The fraction of sp³-hybridized carbons (Fsp3) is 0.143. The molecular weight excluding hydrogens is 290 g/mol. The molecule has 0 fully saturated rings. The summed E-state index contributed by atoms with van der Waals surface area (Å²) in [5.41, 5.74) is 1.82. The Morgan fingerprint density at radius 1 is 1.28 bits per heavy atom. The van der Waals surface area contributed by atoms with E-state index in [9.17, 15) is 0 Å². The van der Waals surface area contributed by atoms with Crippen molar-refractivity contribution in [2.75, 3.05) is 11.9 Å². The van der Waals surface area contributed by atoms with E-state index >= 15 is 0 Å². The number of halogens is 1. The second kappa shape index (κ2) is 6.18. The van der Waals surface area contributed by atoms with E-state index in [1.54, 1.807) is 12.3 Å². The molecule has 1 aromatic heterocycles. The van der Waals surface area contributed by atoms with E-state index in [2.05, 4.69) is 44.4 Å². The highest BCUT2D eigenvalue weighted by Crippen LogP contribution is 2.16. The molecule has 0 saturated carbocycles. The van der Waals surface area contributed by atoms with Crippen LogP contribution in [0, 0.1) is 11.3 Å². The van der Waals surface area contributed by atoms with Gasteiger partial charge in [-0.1, -0.05) is 30.3 Å². The van der Waals surface area contributed by atoms with Gasteiger partial charge in [-0.25, -0.2) is 4.98 Å². The Hall–Kier alpha value is -1.86. The summed E-state index contributed by atoms with van der Waals surface area (Å²) in [5, 5.41) is 12.2. The van der Waals surface area contributed by atoms with Gasteiger partial charge in [-0.05, 0) is 34.0 Å². The van der Waals surface area contributed by atoms with Crippen LogP contribution in [-0.4, -0.2) is 11.5 Å². The number of benzene rings is 1. The normalized spacial score (nSPS) is 9.78. The van der Waals surface area contributed by atoms with Crippen molar-refractivity contribution in [1.29, 1.82) is 5.26 Å². The van der Waals surface area contributed by atoms with E-state index in [1.807, 2.05) is 18.2 Å². The van der Waals surface area contributed by atoms with Crippen LogP contribution in [0.4, 0.5) is 5.82 Å². The Balaban J connectivity index is 1.97. The molecule has 1 N–H and O–H groups in total. The third-order valence-corrected chi connectivity index (χ3v) is 2.96. The quantitative estimate of drug-likeness (QED) is 0.942. The Bertz CT molecular complexity index is 561. The number of anilines is 1. The highest BCUT2D eigenvalue weighted by molar-refractivity contribution is 9.10. The molecule has 0 aliphatic carbocycles. The summed E-state index contributed by atoms with van der Waals surface area (Å²) >= 11 is 3.30. The summed E-state index contributed by atoms with van der Waals surface area (Å²) < 4.78 is 0.813. The lowest BCUT2D eigenvalue weighted by atomic mass is 10.1. The molecule has 0 amide bonds. The van der Waals surface area contributed by atoms with Gasteiger partial charge in [0.2, 0.25) is 0 Å². The van der Waals surface area contributed by atoms with Crippen molar-refractivity contribution in [2.24, 2.45) is 0 Å². The minimum absolute atomic E-state index is 0.553. The van der Waals surface area contributed by atoms with Crippen molar-refractivity contribution in [3.63, 3.8) is 0 Å². The van der Waals surface area contributed by atoms with E-state index in [4.69, 9.17) is 5.26 Å². The SMILES string of the molecule is N#Cc1cc(Br)cnc1NCCc1ccccc1. The molecule has 0 atom stereocenters. The molecule has 0 bridgehead atoms. The summed E-state index contributed by atoms with van der Waals surface area (Å²) in [6, 6.07) is 14.1. The topological polar surface area (TPSA) is 48.7 Å². The van der Waals surface area contributed by atoms with E-state index < -0.39 is 0 Å². The molecule has 0 saturated heterocycles. The van der Waals surface area contributed by atoms with Crippen LogP contribution in [0.3, 0.4) is 0 Å². The van der Waals surface area contributed by atoms with Crippen LogP contribution in [0.25, 0.3) is 0 Å². The van der Waals surface area contributed by atoms with Gasteiger partial charge in [-0.3, -0.25) is 0 Å². The van der Waals surface area contributed by atoms with Crippen LogP contribution in [0.1, 0.15) is 11.1 Å². The average molecular weight is 302 g/mol. The van der Waals surface area contributed by atoms with Crippen LogP contribution in [0.15, 0.2) is 47.1 Å². The van der Waals surface area contributed by atoms with Crippen molar-refractivity contribution in [1.82, 2.24) is 4.98 Å². The van der Waals surface area contributed by atoms with Gasteiger partial charge in [-0.2, -0.15) is 5.26 Å². The minimum atomic E-state index is 0.553. The number of nitrogens with zero attached hydrogens (tertiary/aromatic N) is 2. The standard InChI is InChI=1S/C14H12BrN3/c15-13-8-12(9-16)14(18-10-13)17-7-6-11-4-2-1-3-5-11/h1-5,8,10H,6-7H2,(H,17,18). The monoisotopic (exact) mass is 301 g/mol. The zero-order chi connectivity index (χ0) is 12.8. The largest absolute Gasteiger partial charge is 0.369 e. The maximum Gasteiger partial charge on any atom is 0.143 e. The van der Waals surface area contributed by atoms with E-state index in [-0.39, 0.29) is 0 Å². The molecule has 0 spiro atoms. The summed E-state index contributed by atoms with van der Waals surface area (Å²) in [4.78, 5) is 4.20. The van der Waals surface area contributed by atoms with Gasteiger partial charge < -0.3 is 5.32 Å². The molecule has 2 rings (SSSR count). The van der Waals surface area contributed by atoms with Crippen LogP contribution < -0.4 is 5.32 Å².